The summed E-state index contributed by atoms with van der Waals surface area (Å²) >= 11 is 0. The van der Waals surface area contributed by atoms with Crippen molar-refractivity contribution in [3.63, 3.8) is 0 Å². The van der Waals surface area contributed by atoms with Crippen LogP contribution in [-0.4, -0.2) is 50.5 Å². The minimum atomic E-state index is -3.74. The van der Waals surface area contributed by atoms with Gasteiger partial charge >= 0.3 is 0 Å². The lowest BCUT2D eigenvalue weighted by Crippen LogP contribution is -2.52. The van der Waals surface area contributed by atoms with Crippen LogP contribution in [-0.2, 0) is 26.2 Å². The molecule has 0 bridgehead atoms. The van der Waals surface area contributed by atoms with Gasteiger partial charge in [-0.2, -0.15) is 0 Å². The first-order valence-corrected chi connectivity index (χ1v) is 13.0. The highest BCUT2D eigenvalue weighted by Gasteiger charge is 2.32. The summed E-state index contributed by atoms with van der Waals surface area (Å²) < 4.78 is 26.5. The number of benzene rings is 2. The van der Waals surface area contributed by atoms with E-state index < -0.39 is 22.0 Å². The Morgan fingerprint density at radius 1 is 1.00 bits per heavy atom. The van der Waals surface area contributed by atoms with Gasteiger partial charge in [-0.25, -0.2) is 8.42 Å². The monoisotopic (exact) mass is 473 g/mol. The predicted octanol–water partition coefficient (Wildman–Crippen LogP) is 3.32. The summed E-state index contributed by atoms with van der Waals surface area (Å²) in [5.74, 6) is -0.682. The van der Waals surface area contributed by atoms with Crippen molar-refractivity contribution in [2.24, 2.45) is 0 Å². The van der Waals surface area contributed by atoms with Gasteiger partial charge < -0.3 is 10.2 Å². The van der Waals surface area contributed by atoms with Crippen molar-refractivity contribution in [3.8, 4) is 0 Å². The number of carbonyl (C=O) groups is 2. The molecule has 0 saturated heterocycles. The summed E-state index contributed by atoms with van der Waals surface area (Å²) in [6, 6.07) is 12.4. The van der Waals surface area contributed by atoms with Crippen LogP contribution in [0, 0.1) is 20.8 Å². The Hall–Kier alpha value is -2.87. The van der Waals surface area contributed by atoms with Crippen LogP contribution in [0.15, 0.2) is 42.5 Å². The van der Waals surface area contributed by atoms with E-state index in [2.05, 4.69) is 5.32 Å². The zero-order valence-electron chi connectivity index (χ0n) is 20.4. The Balaban J connectivity index is 2.47. The molecule has 0 spiro atoms. The standard InChI is InChI=1S/C25H35N3O4S/c1-7-22(25(30)26-8-2)27(16-21-14-12-18(3)13-15-21)24(29)17-28(33(6,31)32)23-11-9-10-19(4)20(23)5/h9-15,22H,7-8,16-17H2,1-6H3,(H,26,30). The smallest absolute Gasteiger partial charge is 0.244 e. The Bertz CT molecular complexity index is 1080. The fourth-order valence-corrected chi connectivity index (χ4v) is 4.60. The van der Waals surface area contributed by atoms with E-state index in [0.29, 0.717) is 18.7 Å². The predicted molar refractivity (Wildman–Crippen MR) is 133 cm³/mol. The number of nitrogens with zero attached hydrogens (tertiary/aromatic N) is 2. The third-order valence-electron chi connectivity index (χ3n) is 5.73. The van der Waals surface area contributed by atoms with Gasteiger partial charge in [-0.05, 0) is 56.9 Å². The molecule has 0 aliphatic carbocycles. The van der Waals surface area contributed by atoms with Crippen molar-refractivity contribution in [3.05, 3.63) is 64.7 Å². The molecule has 0 aromatic heterocycles. The van der Waals surface area contributed by atoms with Crippen LogP contribution >= 0.6 is 0 Å². The van der Waals surface area contributed by atoms with Crippen LogP contribution in [0.1, 0.15) is 42.5 Å². The van der Waals surface area contributed by atoms with Crippen LogP contribution in [0.3, 0.4) is 0 Å². The van der Waals surface area contributed by atoms with E-state index >= 15 is 0 Å². The van der Waals surface area contributed by atoms with Crippen LogP contribution in [0.4, 0.5) is 5.69 Å². The Morgan fingerprint density at radius 2 is 1.64 bits per heavy atom. The Morgan fingerprint density at radius 3 is 2.18 bits per heavy atom. The lowest BCUT2D eigenvalue weighted by atomic mass is 10.1. The molecule has 2 aromatic rings. The van der Waals surface area contributed by atoms with E-state index in [-0.39, 0.29) is 19.0 Å². The number of rotatable bonds is 10. The first-order chi connectivity index (χ1) is 15.5. The molecule has 2 amide bonds. The summed E-state index contributed by atoms with van der Waals surface area (Å²) in [4.78, 5) is 27.9. The molecule has 0 heterocycles. The van der Waals surface area contributed by atoms with Gasteiger partial charge in [0.1, 0.15) is 12.6 Å². The van der Waals surface area contributed by atoms with Gasteiger partial charge in [0.2, 0.25) is 21.8 Å². The van der Waals surface area contributed by atoms with Crippen molar-refractivity contribution >= 4 is 27.5 Å². The van der Waals surface area contributed by atoms with Crippen molar-refractivity contribution in [2.45, 2.75) is 53.6 Å². The van der Waals surface area contributed by atoms with Crippen molar-refractivity contribution in [2.75, 3.05) is 23.7 Å². The second-order valence-electron chi connectivity index (χ2n) is 8.31. The molecule has 2 rings (SSSR count). The van der Waals surface area contributed by atoms with Gasteiger partial charge in [-0.3, -0.25) is 13.9 Å². The third kappa shape index (κ3) is 6.81. The van der Waals surface area contributed by atoms with E-state index in [1.54, 1.807) is 12.1 Å². The fraction of sp³-hybridized carbons (Fsp3) is 0.440. The summed E-state index contributed by atoms with van der Waals surface area (Å²) in [7, 11) is -3.74. The first kappa shape index (κ1) is 26.4. The molecule has 0 saturated carbocycles. The largest absolute Gasteiger partial charge is 0.355 e. The zero-order valence-corrected chi connectivity index (χ0v) is 21.2. The number of anilines is 1. The normalized spacial score (nSPS) is 12.2. The van der Waals surface area contributed by atoms with Gasteiger partial charge in [0.25, 0.3) is 0 Å². The topological polar surface area (TPSA) is 86.8 Å². The van der Waals surface area contributed by atoms with Gasteiger partial charge in [0.15, 0.2) is 0 Å². The van der Waals surface area contributed by atoms with Crippen molar-refractivity contribution in [1.82, 2.24) is 10.2 Å². The molecule has 7 nitrogen and oxygen atoms in total. The molecule has 0 fully saturated rings. The maximum atomic E-state index is 13.6. The first-order valence-electron chi connectivity index (χ1n) is 11.2. The second kappa shape index (κ2) is 11.3. The molecule has 2 aromatic carbocycles. The minimum Gasteiger partial charge on any atom is -0.355 e. The van der Waals surface area contributed by atoms with E-state index in [0.717, 1.165) is 32.8 Å². The zero-order chi connectivity index (χ0) is 24.8. The molecule has 0 radical (unpaired) electrons. The molecule has 1 N–H and O–H groups in total. The molecule has 33 heavy (non-hydrogen) atoms. The highest BCUT2D eigenvalue weighted by Crippen LogP contribution is 2.25. The van der Waals surface area contributed by atoms with Crippen molar-refractivity contribution < 1.29 is 18.0 Å². The van der Waals surface area contributed by atoms with E-state index in [1.165, 1.54) is 4.90 Å². The van der Waals surface area contributed by atoms with Crippen molar-refractivity contribution in [1.29, 1.82) is 0 Å². The highest BCUT2D eigenvalue weighted by molar-refractivity contribution is 7.92. The maximum absolute atomic E-state index is 13.6. The molecule has 0 aliphatic rings. The molecular weight excluding hydrogens is 438 g/mol. The quantitative estimate of drug-likeness (QED) is 0.574. The minimum absolute atomic E-state index is 0.207. The second-order valence-corrected chi connectivity index (χ2v) is 10.2. The summed E-state index contributed by atoms with van der Waals surface area (Å²) in [6.45, 7) is 9.64. The van der Waals surface area contributed by atoms with Crippen LogP contribution in [0.2, 0.25) is 0 Å². The van der Waals surface area contributed by atoms with Gasteiger partial charge in [0.05, 0.1) is 11.9 Å². The molecular formula is C25H35N3O4S. The SMILES string of the molecule is CCNC(=O)C(CC)N(Cc1ccc(C)cc1)C(=O)CN(c1cccc(C)c1C)S(C)(=O)=O. The summed E-state index contributed by atoms with van der Waals surface area (Å²) in [6.07, 6.45) is 1.50. The number of amides is 2. The van der Waals surface area contributed by atoms with E-state index in [4.69, 9.17) is 0 Å². The number of aryl methyl sites for hydroxylation is 2. The number of carbonyl (C=O) groups excluding carboxylic acids is 2. The van der Waals surface area contributed by atoms with E-state index in [1.807, 2.05) is 65.0 Å². The molecule has 1 atom stereocenters. The Kier molecular flexibility index (Phi) is 9.05. The van der Waals surface area contributed by atoms with Crippen LogP contribution in [0.5, 0.6) is 0 Å². The summed E-state index contributed by atoms with van der Waals surface area (Å²) in [5, 5.41) is 2.79. The highest BCUT2D eigenvalue weighted by atomic mass is 32.2. The molecule has 180 valence electrons. The number of nitrogens with one attached hydrogen (secondary N) is 1. The maximum Gasteiger partial charge on any atom is 0.244 e. The van der Waals surface area contributed by atoms with Crippen LogP contribution in [0.25, 0.3) is 0 Å². The third-order valence-corrected chi connectivity index (χ3v) is 6.86. The molecule has 0 aliphatic heterocycles. The number of hydrogen-bond donors (Lipinski definition) is 1. The fourth-order valence-electron chi connectivity index (χ4n) is 3.70. The van der Waals surface area contributed by atoms with E-state index in [9.17, 15) is 18.0 Å². The average molecular weight is 474 g/mol. The lowest BCUT2D eigenvalue weighted by Gasteiger charge is -2.33. The molecule has 8 heteroatoms. The van der Waals surface area contributed by atoms with Gasteiger partial charge in [-0.15, -0.1) is 0 Å². The summed E-state index contributed by atoms with van der Waals surface area (Å²) in [5.41, 5.74) is 4.14. The Labute approximate surface area is 197 Å². The number of sulfonamides is 1. The van der Waals surface area contributed by atoms with Crippen LogP contribution < -0.4 is 9.62 Å². The number of likely N-dealkylation sites (N-methyl/N-ethyl adjacent to an activating group) is 1. The van der Waals surface area contributed by atoms with Gasteiger partial charge in [0, 0.05) is 13.1 Å². The number of hydrogen-bond acceptors (Lipinski definition) is 4. The average Bonchev–Trinajstić information content (AvgIpc) is 2.75. The lowest BCUT2D eigenvalue weighted by molar-refractivity contribution is -0.140. The van der Waals surface area contributed by atoms with Gasteiger partial charge in [-0.1, -0.05) is 48.9 Å². The molecule has 1 unspecified atom stereocenters.